The lowest BCUT2D eigenvalue weighted by Gasteiger charge is -2.35. The summed E-state index contributed by atoms with van der Waals surface area (Å²) in [5, 5.41) is 14.4. The van der Waals surface area contributed by atoms with Crippen molar-refractivity contribution in [2.45, 2.75) is 37.8 Å². The van der Waals surface area contributed by atoms with Gasteiger partial charge in [0.05, 0.1) is 12.3 Å². The smallest absolute Gasteiger partial charge is 0.120 e. The molecule has 3 nitrogen and oxygen atoms in total. The van der Waals surface area contributed by atoms with E-state index >= 15 is 0 Å². The fourth-order valence-electron chi connectivity index (χ4n) is 3.04. The zero-order valence-electron chi connectivity index (χ0n) is 11.8. The molecule has 20 heavy (non-hydrogen) atoms. The number of aliphatic hydroxyl groups is 1. The Morgan fingerprint density at radius 2 is 2.15 bits per heavy atom. The molecule has 0 radical (unpaired) electrons. The zero-order chi connectivity index (χ0) is 14.0. The van der Waals surface area contributed by atoms with Crippen LogP contribution in [-0.2, 0) is 12.0 Å². The second-order valence-corrected chi connectivity index (χ2v) is 5.66. The van der Waals surface area contributed by atoms with Gasteiger partial charge in [-0.25, -0.2) is 0 Å². The van der Waals surface area contributed by atoms with Gasteiger partial charge in [0.1, 0.15) is 11.4 Å². The highest BCUT2D eigenvalue weighted by atomic mass is 16.3. The molecule has 0 bridgehead atoms. The van der Waals surface area contributed by atoms with Crippen molar-refractivity contribution < 1.29 is 9.52 Å². The Morgan fingerprint density at radius 3 is 2.95 bits per heavy atom. The number of aryl methyl sites for hydroxylation is 1. The summed E-state index contributed by atoms with van der Waals surface area (Å²) >= 11 is 0. The molecule has 0 spiro atoms. The highest BCUT2D eigenvalue weighted by Gasteiger charge is 2.34. The SMILES string of the molecule is CC(NCC1(O)CCCc2ccccc21)c1ccco1. The van der Waals surface area contributed by atoms with Gasteiger partial charge in [-0.2, -0.15) is 0 Å². The minimum absolute atomic E-state index is 0.100. The van der Waals surface area contributed by atoms with Crippen molar-refractivity contribution in [3.05, 3.63) is 59.5 Å². The topological polar surface area (TPSA) is 45.4 Å². The van der Waals surface area contributed by atoms with Crippen molar-refractivity contribution in [1.82, 2.24) is 5.32 Å². The molecule has 0 saturated heterocycles. The molecular weight excluding hydrogens is 250 g/mol. The van der Waals surface area contributed by atoms with Crippen LogP contribution in [0.2, 0.25) is 0 Å². The van der Waals surface area contributed by atoms with Crippen molar-refractivity contribution in [1.29, 1.82) is 0 Å². The normalized spacial score (nSPS) is 23.3. The molecule has 2 N–H and O–H groups in total. The Hall–Kier alpha value is -1.58. The number of fused-ring (bicyclic) bond motifs is 1. The average molecular weight is 271 g/mol. The quantitative estimate of drug-likeness (QED) is 0.898. The summed E-state index contributed by atoms with van der Waals surface area (Å²) in [5.41, 5.74) is 1.58. The van der Waals surface area contributed by atoms with E-state index in [1.807, 2.05) is 30.3 Å². The van der Waals surface area contributed by atoms with Crippen molar-refractivity contribution >= 4 is 0 Å². The van der Waals surface area contributed by atoms with Gasteiger partial charge in [-0.15, -0.1) is 0 Å². The van der Waals surface area contributed by atoms with Gasteiger partial charge in [-0.05, 0) is 49.4 Å². The molecule has 0 aliphatic heterocycles. The van der Waals surface area contributed by atoms with Crippen LogP contribution in [0.5, 0.6) is 0 Å². The van der Waals surface area contributed by atoms with Crippen molar-refractivity contribution in [3.8, 4) is 0 Å². The van der Waals surface area contributed by atoms with E-state index in [4.69, 9.17) is 4.42 Å². The third kappa shape index (κ3) is 2.51. The number of furan rings is 1. The number of nitrogens with one attached hydrogen (secondary N) is 1. The molecule has 1 aromatic carbocycles. The maximum Gasteiger partial charge on any atom is 0.120 e. The van der Waals surface area contributed by atoms with E-state index < -0.39 is 5.60 Å². The van der Waals surface area contributed by atoms with E-state index in [1.165, 1.54) is 5.56 Å². The molecule has 1 aliphatic rings. The Balaban J connectivity index is 1.74. The van der Waals surface area contributed by atoms with E-state index in [1.54, 1.807) is 6.26 Å². The lowest BCUT2D eigenvalue weighted by atomic mass is 9.79. The van der Waals surface area contributed by atoms with Gasteiger partial charge in [-0.1, -0.05) is 24.3 Å². The Labute approximate surface area is 119 Å². The number of hydrogen-bond donors (Lipinski definition) is 2. The number of hydrogen-bond acceptors (Lipinski definition) is 3. The highest BCUT2D eigenvalue weighted by Crippen LogP contribution is 2.35. The summed E-state index contributed by atoms with van der Waals surface area (Å²) in [5.74, 6) is 0.901. The van der Waals surface area contributed by atoms with Crippen molar-refractivity contribution in [2.75, 3.05) is 6.54 Å². The standard InChI is InChI=1S/C17H21NO2/c1-13(16-9-5-11-20-16)18-12-17(19)10-4-7-14-6-2-3-8-15(14)17/h2-3,5-6,8-9,11,13,18-19H,4,7,10,12H2,1H3. The molecule has 0 saturated carbocycles. The largest absolute Gasteiger partial charge is 0.468 e. The summed E-state index contributed by atoms with van der Waals surface area (Å²) in [6, 6.07) is 12.2. The van der Waals surface area contributed by atoms with Gasteiger partial charge in [0.15, 0.2) is 0 Å². The van der Waals surface area contributed by atoms with Crippen LogP contribution in [0.4, 0.5) is 0 Å². The Kier molecular flexibility index (Phi) is 3.64. The number of benzene rings is 1. The van der Waals surface area contributed by atoms with Crippen molar-refractivity contribution in [2.24, 2.45) is 0 Å². The molecular formula is C17H21NO2. The van der Waals surface area contributed by atoms with Crippen LogP contribution in [0.1, 0.15) is 42.7 Å². The van der Waals surface area contributed by atoms with Gasteiger partial charge in [0.25, 0.3) is 0 Å². The minimum atomic E-state index is -0.768. The summed E-state index contributed by atoms with van der Waals surface area (Å²) in [6.07, 6.45) is 4.58. The summed E-state index contributed by atoms with van der Waals surface area (Å²) < 4.78 is 5.39. The highest BCUT2D eigenvalue weighted by molar-refractivity contribution is 5.35. The van der Waals surface area contributed by atoms with Gasteiger partial charge < -0.3 is 14.8 Å². The van der Waals surface area contributed by atoms with Crippen LogP contribution in [0.25, 0.3) is 0 Å². The molecule has 1 aromatic heterocycles. The van der Waals surface area contributed by atoms with E-state index in [0.717, 1.165) is 30.6 Å². The lowest BCUT2D eigenvalue weighted by molar-refractivity contribution is 0.0165. The second kappa shape index (κ2) is 5.43. The van der Waals surface area contributed by atoms with Crippen LogP contribution in [-0.4, -0.2) is 11.7 Å². The van der Waals surface area contributed by atoms with Gasteiger partial charge in [-0.3, -0.25) is 0 Å². The first-order valence-corrected chi connectivity index (χ1v) is 7.27. The van der Waals surface area contributed by atoms with E-state index in [0.29, 0.717) is 6.54 Å². The number of rotatable bonds is 4. The fourth-order valence-corrected chi connectivity index (χ4v) is 3.04. The molecule has 1 heterocycles. The molecule has 2 unspecified atom stereocenters. The third-order valence-corrected chi connectivity index (χ3v) is 4.23. The molecule has 2 atom stereocenters. The van der Waals surface area contributed by atoms with E-state index in [2.05, 4.69) is 18.3 Å². The van der Waals surface area contributed by atoms with Crippen LogP contribution >= 0.6 is 0 Å². The fraction of sp³-hybridized carbons (Fsp3) is 0.412. The first kappa shape index (κ1) is 13.4. The summed E-state index contributed by atoms with van der Waals surface area (Å²) in [7, 11) is 0. The summed E-state index contributed by atoms with van der Waals surface area (Å²) in [6.45, 7) is 2.60. The second-order valence-electron chi connectivity index (χ2n) is 5.66. The first-order chi connectivity index (χ1) is 9.69. The maximum atomic E-state index is 11.0. The van der Waals surface area contributed by atoms with Gasteiger partial charge in [0, 0.05) is 6.54 Å². The maximum absolute atomic E-state index is 11.0. The van der Waals surface area contributed by atoms with E-state index in [-0.39, 0.29) is 6.04 Å². The Bertz CT molecular complexity index is 564. The molecule has 0 fully saturated rings. The van der Waals surface area contributed by atoms with Crippen LogP contribution in [0.15, 0.2) is 47.1 Å². The average Bonchev–Trinajstić information content (AvgIpc) is 3.00. The van der Waals surface area contributed by atoms with Crippen molar-refractivity contribution in [3.63, 3.8) is 0 Å². The van der Waals surface area contributed by atoms with Gasteiger partial charge in [0.2, 0.25) is 0 Å². The molecule has 3 rings (SSSR count). The molecule has 2 aromatic rings. The predicted octanol–water partition coefficient (Wildman–Crippen LogP) is 3.15. The Morgan fingerprint density at radius 1 is 1.30 bits per heavy atom. The minimum Gasteiger partial charge on any atom is -0.468 e. The zero-order valence-corrected chi connectivity index (χ0v) is 11.8. The molecule has 1 aliphatic carbocycles. The molecule has 3 heteroatoms. The summed E-state index contributed by atoms with van der Waals surface area (Å²) in [4.78, 5) is 0. The third-order valence-electron chi connectivity index (χ3n) is 4.23. The lowest BCUT2D eigenvalue weighted by Crippen LogP contribution is -2.41. The first-order valence-electron chi connectivity index (χ1n) is 7.27. The monoisotopic (exact) mass is 271 g/mol. The van der Waals surface area contributed by atoms with Crippen LogP contribution < -0.4 is 5.32 Å². The molecule has 106 valence electrons. The van der Waals surface area contributed by atoms with Crippen LogP contribution in [0, 0.1) is 0 Å². The predicted molar refractivity (Wildman–Crippen MR) is 78.4 cm³/mol. The van der Waals surface area contributed by atoms with Gasteiger partial charge >= 0.3 is 0 Å². The van der Waals surface area contributed by atoms with E-state index in [9.17, 15) is 5.11 Å². The molecule has 0 amide bonds. The van der Waals surface area contributed by atoms with Crippen LogP contribution in [0.3, 0.4) is 0 Å².